The molecule has 1 aromatic carbocycles. The lowest BCUT2D eigenvalue weighted by atomic mass is 10.00. The monoisotopic (exact) mass is 335 g/mol. The Kier molecular flexibility index (Phi) is 3.46. The van der Waals surface area contributed by atoms with E-state index in [1.165, 1.54) is 0 Å². The van der Waals surface area contributed by atoms with Crippen LogP contribution >= 0.6 is 15.9 Å². The van der Waals surface area contributed by atoms with Crippen LogP contribution in [0.25, 0.3) is 0 Å². The number of rotatable bonds is 3. The molecular weight excluding hydrogens is 322 g/mol. The minimum atomic E-state index is -0.201. The molecule has 1 aliphatic carbocycles. The number of benzene rings is 1. The number of nitrogens with zero attached hydrogens (tertiary/aromatic N) is 1. The number of carbonyl (C=O) groups is 3. The number of Topliss-reactive ketones (excluding diaryl/α,β-unsaturated/α-hetero) is 1. The van der Waals surface area contributed by atoms with E-state index in [1.54, 1.807) is 18.2 Å². The van der Waals surface area contributed by atoms with Gasteiger partial charge >= 0.3 is 0 Å². The fourth-order valence-corrected chi connectivity index (χ4v) is 3.51. The van der Waals surface area contributed by atoms with Crippen molar-refractivity contribution >= 4 is 33.5 Å². The highest BCUT2D eigenvalue weighted by molar-refractivity contribution is 9.10. The van der Waals surface area contributed by atoms with Gasteiger partial charge < -0.3 is 0 Å². The van der Waals surface area contributed by atoms with E-state index >= 15 is 0 Å². The molecule has 5 heteroatoms. The third-order valence-electron chi connectivity index (χ3n) is 4.13. The van der Waals surface area contributed by atoms with Gasteiger partial charge in [-0.3, -0.25) is 19.3 Å². The average molecular weight is 336 g/mol. The number of hydrogen-bond donors (Lipinski definition) is 0. The number of fused-ring (bicyclic) bond motifs is 1. The Bertz CT molecular complexity index is 577. The molecule has 0 radical (unpaired) electrons. The summed E-state index contributed by atoms with van der Waals surface area (Å²) >= 11 is 3.31. The van der Waals surface area contributed by atoms with E-state index in [0.717, 1.165) is 28.6 Å². The van der Waals surface area contributed by atoms with Gasteiger partial charge in [-0.15, -0.1) is 0 Å². The highest BCUT2D eigenvalue weighted by Crippen LogP contribution is 2.39. The van der Waals surface area contributed by atoms with Crippen LogP contribution in [0.3, 0.4) is 0 Å². The van der Waals surface area contributed by atoms with Crippen molar-refractivity contribution in [1.29, 1.82) is 0 Å². The molecule has 0 N–H and O–H groups in total. The van der Waals surface area contributed by atoms with E-state index in [-0.39, 0.29) is 36.0 Å². The van der Waals surface area contributed by atoms with Gasteiger partial charge in [0.1, 0.15) is 0 Å². The molecule has 1 saturated heterocycles. The van der Waals surface area contributed by atoms with Crippen molar-refractivity contribution in [3.63, 3.8) is 0 Å². The van der Waals surface area contributed by atoms with Crippen molar-refractivity contribution in [3.05, 3.63) is 34.3 Å². The average Bonchev–Trinajstić information content (AvgIpc) is 2.99. The lowest BCUT2D eigenvalue weighted by molar-refractivity contribution is -0.139. The molecule has 1 heterocycles. The minimum Gasteiger partial charge on any atom is -0.292 e. The molecule has 0 aromatic heterocycles. The normalized spacial score (nSPS) is 25.1. The van der Waals surface area contributed by atoms with Gasteiger partial charge in [0.25, 0.3) is 0 Å². The number of carbonyl (C=O) groups excluding carboxylic acids is 3. The summed E-state index contributed by atoms with van der Waals surface area (Å²) in [6.45, 7) is -0.138. The molecule has 2 atom stereocenters. The third kappa shape index (κ3) is 2.20. The molecule has 1 aliphatic heterocycles. The van der Waals surface area contributed by atoms with Gasteiger partial charge in [-0.2, -0.15) is 0 Å². The highest BCUT2D eigenvalue weighted by Gasteiger charge is 2.49. The van der Waals surface area contributed by atoms with Crippen LogP contribution in [0.15, 0.2) is 28.7 Å². The van der Waals surface area contributed by atoms with E-state index < -0.39 is 0 Å². The third-order valence-corrected chi connectivity index (χ3v) is 4.62. The number of imide groups is 1. The van der Waals surface area contributed by atoms with Crippen molar-refractivity contribution in [2.45, 2.75) is 19.3 Å². The predicted molar refractivity (Wildman–Crippen MR) is 76.0 cm³/mol. The molecule has 0 spiro atoms. The number of halogens is 1. The zero-order chi connectivity index (χ0) is 14.3. The van der Waals surface area contributed by atoms with Crippen LogP contribution in [-0.4, -0.2) is 29.0 Å². The molecule has 104 valence electrons. The summed E-state index contributed by atoms with van der Waals surface area (Å²) in [5, 5.41) is 0. The molecule has 2 fully saturated rings. The Morgan fingerprint density at radius 2 is 1.85 bits per heavy atom. The number of amides is 2. The SMILES string of the molecule is O=C(CN1C(=O)C2CCCC2C1=O)c1cccc(Br)c1. The number of hydrogen-bond acceptors (Lipinski definition) is 3. The Hall–Kier alpha value is -1.49. The summed E-state index contributed by atoms with van der Waals surface area (Å²) in [5.74, 6) is -0.898. The van der Waals surface area contributed by atoms with Crippen LogP contribution in [0, 0.1) is 11.8 Å². The second kappa shape index (κ2) is 5.13. The molecule has 20 heavy (non-hydrogen) atoms. The van der Waals surface area contributed by atoms with Crippen LogP contribution in [-0.2, 0) is 9.59 Å². The van der Waals surface area contributed by atoms with Crippen molar-refractivity contribution < 1.29 is 14.4 Å². The molecule has 3 rings (SSSR count). The molecule has 0 bridgehead atoms. The van der Waals surface area contributed by atoms with E-state index in [1.807, 2.05) is 6.07 Å². The predicted octanol–water partition coefficient (Wildman–Crippen LogP) is 2.42. The van der Waals surface area contributed by atoms with Crippen molar-refractivity contribution in [3.8, 4) is 0 Å². The van der Waals surface area contributed by atoms with E-state index in [9.17, 15) is 14.4 Å². The van der Waals surface area contributed by atoms with E-state index in [2.05, 4.69) is 15.9 Å². The summed E-state index contributed by atoms with van der Waals surface area (Å²) in [4.78, 5) is 37.7. The maximum absolute atomic E-state index is 12.2. The maximum atomic E-state index is 12.2. The first-order chi connectivity index (χ1) is 9.58. The van der Waals surface area contributed by atoms with Gasteiger partial charge in [0, 0.05) is 10.0 Å². The van der Waals surface area contributed by atoms with Crippen molar-refractivity contribution in [1.82, 2.24) is 4.90 Å². The standard InChI is InChI=1S/C15H14BrNO3/c16-10-4-1-3-9(7-10)13(18)8-17-14(19)11-5-2-6-12(11)15(17)20/h1,3-4,7,11-12H,2,5-6,8H2. The van der Waals surface area contributed by atoms with Crippen LogP contribution in [0.5, 0.6) is 0 Å². The Balaban J connectivity index is 1.77. The smallest absolute Gasteiger partial charge is 0.233 e. The van der Waals surface area contributed by atoms with Gasteiger partial charge in [-0.1, -0.05) is 34.5 Å². The summed E-state index contributed by atoms with van der Waals surface area (Å²) in [7, 11) is 0. The van der Waals surface area contributed by atoms with Crippen LogP contribution < -0.4 is 0 Å². The van der Waals surface area contributed by atoms with Gasteiger partial charge in [0.2, 0.25) is 11.8 Å². The Morgan fingerprint density at radius 1 is 1.20 bits per heavy atom. The topological polar surface area (TPSA) is 54.5 Å². The Morgan fingerprint density at radius 3 is 2.45 bits per heavy atom. The van der Waals surface area contributed by atoms with E-state index in [0.29, 0.717) is 5.56 Å². The number of ketones is 1. The zero-order valence-corrected chi connectivity index (χ0v) is 12.4. The fourth-order valence-electron chi connectivity index (χ4n) is 3.11. The summed E-state index contributed by atoms with van der Waals surface area (Å²) in [6, 6.07) is 6.99. The highest BCUT2D eigenvalue weighted by atomic mass is 79.9. The second-order valence-corrected chi connectivity index (χ2v) is 6.26. The van der Waals surface area contributed by atoms with Crippen LogP contribution in [0.4, 0.5) is 0 Å². The molecule has 1 saturated carbocycles. The minimum absolute atomic E-state index is 0.138. The molecule has 2 aliphatic rings. The summed E-state index contributed by atoms with van der Waals surface area (Å²) in [6.07, 6.45) is 2.48. The van der Waals surface area contributed by atoms with Crippen molar-refractivity contribution in [2.24, 2.45) is 11.8 Å². The molecule has 4 nitrogen and oxygen atoms in total. The molecular formula is C15H14BrNO3. The van der Waals surface area contributed by atoms with Gasteiger partial charge in [0.05, 0.1) is 18.4 Å². The first-order valence-electron chi connectivity index (χ1n) is 6.72. The molecule has 2 amide bonds. The summed E-state index contributed by atoms with van der Waals surface area (Å²) in [5.41, 5.74) is 0.511. The summed E-state index contributed by atoms with van der Waals surface area (Å²) < 4.78 is 0.805. The van der Waals surface area contributed by atoms with E-state index in [4.69, 9.17) is 0 Å². The number of likely N-dealkylation sites (tertiary alicyclic amines) is 1. The maximum Gasteiger partial charge on any atom is 0.233 e. The molecule has 2 unspecified atom stereocenters. The Labute approximate surface area is 125 Å². The molecule has 1 aromatic rings. The lowest BCUT2D eigenvalue weighted by Crippen LogP contribution is -2.36. The van der Waals surface area contributed by atoms with Crippen LogP contribution in [0.2, 0.25) is 0 Å². The lowest BCUT2D eigenvalue weighted by Gasteiger charge is -2.14. The van der Waals surface area contributed by atoms with Gasteiger partial charge in [-0.25, -0.2) is 0 Å². The quantitative estimate of drug-likeness (QED) is 0.629. The first kappa shape index (κ1) is 13.5. The fraction of sp³-hybridized carbons (Fsp3) is 0.400. The van der Waals surface area contributed by atoms with Crippen molar-refractivity contribution in [2.75, 3.05) is 6.54 Å². The van der Waals surface area contributed by atoms with Gasteiger partial charge in [0.15, 0.2) is 5.78 Å². The first-order valence-corrected chi connectivity index (χ1v) is 7.51. The zero-order valence-electron chi connectivity index (χ0n) is 10.8. The van der Waals surface area contributed by atoms with Gasteiger partial charge in [-0.05, 0) is 25.0 Å². The van der Waals surface area contributed by atoms with Crippen LogP contribution in [0.1, 0.15) is 29.6 Å². The largest absolute Gasteiger partial charge is 0.292 e. The second-order valence-electron chi connectivity index (χ2n) is 5.34.